The second-order valence-corrected chi connectivity index (χ2v) is 10.3. The minimum atomic E-state index is -4.40. The molecule has 3 N–H and O–H groups in total. The Hall–Kier alpha value is -2.50. The highest BCUT2D eigenvalue weighted by atomic mass is 19.4. The fraction of sp³-hybridized carbons (Fsp3) is 0.654. The highest BCUT2D eigenvalue weighted by Gasteiger charge is 2.39. The maximum atomic E-state index is 13.5. The summed E-state index contributed by atoms with van der Waals surface area (Å²) in [6.45, 7) is 6.66. The molecule has 0 bridgehead atoms. The average molecular weight is 522 g/mol. The quantitative estimate of drug-likeness (QED) is 0.454. The van der Waals surface area contributed by atoms with Crippen molar-refractivity contribution in [2.45, 2.75) is 76.4 Å². The SMILES string of the molecule is CCC[C@H](Nc1ncc(-c2ccc(CN3CCN(C)CC3)cn2)c(NC2CCC(O)CC2)n1)C(F)(F)F. The van der Waals surface area contributed by atoms with Crippen molar-refractivity contribution in [3.8, 4) is 11.3 Å². The van der Waals surface area contributed by atoms with E-state index in [1.165, 1.54) is 6.20 Å². The Morgan fingerprint density at radius 2 is 1.78 bits per heavy atom. The molecule has 8 nitrogen and oxygen atoms in total. The van der Waals surface area contributed by atoms with Crippen LogP contribution in [0.4, 0.5) is 24.9 Å². The standard InChI is InChI=1S/C26H38F3N7O/c1-3-4-23(26(27,28)29)33-25-31-16-21(24(34-25)32-19-6-8-20(37)9-7-19)22-10-5-18(15-30-22)17-36-13-11-35(2)12-14-36/h5,10,15-16,19-20,23,37H,3-4,6-9,11-14,17H2,1-2H3,(H2,31,32,33,34)/t19?,20?,23-/m0/s1. The Balaban J connectivity index is 1.54. The molecule has 204 valence electrons. The molecule has 1 aliphatic heterocycles. The van der Waals surface area contributed by atoms with Crippen LogP contribution in [0.25, 0.3) is 11.3 Å². The number of hydrogen-bond donors (Lipinski definition) is 3. The van der Waals surface area contributed by atoms with Crippen LogP contribution in [-0.2, 0) is 6.54 Å². The Bertz CT molecular complexity index is 989. The topological polar surface area (TPSA) is 89.4 Å². The van der Waals surface area contributed by atoms with Crippen LogP contribution in [0.5, 0.6) is 0 Å². The van der Waals surface area contributed by atoms with Crippen LogP contribution in [0.15, 0.2) is 24.5 Å². The molecule has 11 heteroatoms. The number of halogens is 3. The normalized spacial score (nSPS) is 22.5. The van der Waals surface area contributed by atoms with E-state index in [0.29, 0.717) is 36.3 Å². The Morgan fingerprint density at radius 3 is 2.41 bits per heavy atom. The second-order valence-electron chi connectivity index (χ2n) is 10.3. The van der Waals surface area contributed by atoms with Crippen molar-refractivity contribution in [3.63, 3.8) is 0 Å². The number of alkyl halides is 3. The number of nitrogens with zero attached hydrogens (tertiary/aromatic N) is 5. The van der Waals surface area contributed by atoms with Gasteiger partial charge in [-0.15, -0.1) is 0 Å². The van der Waals surface area contributed by atoms with Crippen molar-refractivity contribution < 1.29 is 18.3 Å². The summed E-state index contributed by atoms with van der Waals surface area (Å²) in [7, 11) is 2.13. The third-order valence-electron chi connectivity index (χ3n) is 7.20. The molecule has 1 aliphatic carbocycles. The lowest BCUT2D eigenvalue weighted by Crippen LogP contribution is -2.43. The van der Waals surface area contributed by atoms with Crippen molar-refractivity contribution in [2.75, 3.05) is 43.9 Å². The molecule has 0 amide bonds. The number of likely N-dealkylation sites (N-methyl/N-ethyl adjacent to an activating group) is 1. The van der Waals surface area contributed by atoms with Gasteiger partial charge in [-0.1, -0.05) is 19.4 Å². The zero-order valence-electron chi connectivity index (χ0n) is 21.6. The van der Waals surface area contributed by atoms with Crippen LogP contribution in [0, 0.1) is 0 Å². The lowest BCUT2D eigenvalue weighted by Gasteiger charge is -2.32. The van der Waals surface area contributed by atoms with Crippen LogP contribution in [0.3, 0.4) is 0 Å². The molecule has 1 saturated heterocycles. The van der Waals surface area contributed by atoms with E-state index in [0.717, 1.165) is 51.1 Å². The van der Waals surface area contributed by atoms with Crippen LogP contribution in [-0.4, -0.2) is 87.4 Å². The second kappa shape index (κ2) is 12.4. The molecular weight excluding hydrogens is 483 g/mol. The summed E-state index contributed by atoms with van der Waals surface area (Å²) in [6, 6.07) is 2.31. The maximum Gasteiger partial charge on any atom is 0.408 e. The molecule has 1 atom stereocenters. The number of aliphatic hydroxyl groups excluding tert-OH is 1. The zero-order chi connectivity index (χ0) is 26.4. The van der Waals surface area contributed by atoms with Gasteiger partial charge in [-0.3, -0.25) is 9.88 Å². The molecule has 37 heavy (non-hydrogen) atoms. The summed E-state index contributed by atoms with van der Waals surface area (Å²) < 4.78 is 40.5. The maximum absolute atomic E-state index is 13.5. The van der Waals surface area contributed by atoms with Gasteiger partial charge in [0.05, 0.1) is 17.4 Å². The molecule has 3 heterocycles. The van der Waals surface area contributed by atoms with Crippen LogP contribution >= 0.6 is 0 Å². The van der Waals surface area contributed by atoms with E-state index in [1.54, 1.807) is 6.92 Å². The van der Waals surface area contributed by atoms with Crippen molar-refractivity contribution in [3.05, 3.63) is 30.1 Å². The van der Waals surface area contributed by atoms with Gasteiger partial charge < -0.3 is 20.6 Å². The number of pyridine rings is 1. The van der Waals surface area contributed by atoms with Crippen LogP contribution in [0.2, 0.25) is 0 Å². The molecule has 2 aliphatic rings. The number of hydrogen-bond acceptors (Lipinski definition) is 8. The predicted octanol–water partition coefficient (Wildman–Crippen LogP) is 4.14. The number of aromatic nitrogens is 3. The van der Waals surface area contributed by atoms with E-state index >= 15 is 0 Å². The van der Waals surface area contributed by atoms with E-state index in [-0.39, 0.29) is 24.5 Å². The monoisotopic (exact) mass is 521 g/mol. The molecular formula is C26H38F3N7O. The minimum Gasteiger partial charge on any atom is -0.393 e. The van der Waals surface area contributed by atoms with Gasteiger partial charge in [-0.25, -0.2) is 4.98 Å². The van der Waals surface area contributed by atoms with Gasteiger partial charge in [0.25, 0.3) is 0 Å². The average Bonchev–Trinajstić information content (AvgIpc) is 2.87. The third kappa shape index (κ3) is 7.75. The molecule has 2 aromatic heterocycles. The van der Waals surface area contributed by atoms with Crippen molar-refractivity contribution in [1.82, 2.24) is 24.8 Å². The van der Waals surface area contributed by atoms with E-state index in [9.17, 15) is 18.3 Å². The fourth-order valence-corrected chi connectivity index (χ4v) is 4.87. The van der Waals surface area contributed by atoms with Crippen molar-refractivity contribution >= 4 is 11.8 Å². The van der Waals surface area contributed by atoms with Crippen molar-refractivity contribution in [2.24, 2.45) is 0 Å². The first-order valence-corrected chi connectivity index (χ1v) is 13.2. The molecule has 2 aromatic rings. The number of aliphatic hydroxyl groups is 1. The van der Waals surface area contributed by atoms with Gasteiger partial charge in [-0.2, -0.15) is 18.2 Å². The highest BCUT2D eigenvalue weighted by Crippen LogP contribution is 2.31. The van der Waals surface area contributed by atoms with E-state index in [2.05, 4.69) is 42.4 Å². The van der Waals surface area contributed by atoms with E-state index in [1.807, 2.05) is 18.3 Å². The summed E-state index contributed by atoms with van der Waals surface area (Å²) >= 11 is 0. The number of piperazine rings is 1. The lowest BCUT2D eigenvalue weighted by atomic mass is 9.93. The largest absolute Gasteiger partial charge is 0.408 e. The van der Waals surface area contributed by atoms with Crippen LogP contribution in [0.1, 0.15) is 51.0 Å². The molecule has 4 rings (SSSR count). The van der Waals surface area contributed by atoms with Gasteiger partial charge in [0.2, 0.25) is 5.95 Å². The number of anilines is 2. The summed E-state index contributed by atoms with van der Waals surface area (Å²) in [5, 5.41) is 15.8. The van der Waals surface area contributed by atoms with Gasteiger partial charge in [0.15, 0.2) is 0 Å². The first-order valence-electron chi connectivity index (χ1n) is 13.2. The number of nitrogens with one attached hydrogen (secondary N) is 2. The first-order chi connectivity index (χ1) is 17.7. The van der Waals surface area contributed by atoms with E-state index in [4.69, 9.17) is 0 Å². The lowest BCUT2D eigenvalue weighted by molar-refractivity contribution is -0.143. The Kier molecular flexibility index (Phi) is 9.20. The molecule has 0 spiro atoms. The predicted molar refractivity (Wildman–Crippen MR) is 138 cm³/mol. The molecule has 0 radical (unpaired) electrons. The Labute approximate surface area is 216 Å². The molecule has 2 fully saturated rings. The van der Waals surface area contributed by atoms with Gasteiger partial charge in [0, 0.05) is 51.2 Å². The third-order valence-corrected chi connectivity index (χ3v) is 7.20. The van der Waals surface area contributed by atoms with Gasteiger partial charge >= 0.3 is 6.18 Å². The molecule has 0 unspecified atom stereocenters. The van der Waals surface area contributed by atoms with Crippen molar-refractivity contribution in [1.29, 1.82) is 0 Å². The first kappa shape index (κ1) is 27.5. The number of rotatable bonds is 9. The fourth-order valence-electron chi connectivity index (χ4n) is 4.87. The Morgan fingerprint density at radius 1 is 1.05 bits per heavy atom. The van der Waals surface area contributed by atoms with Gasteiger partial charge in [-0.05, 0) is 50.8 Å². The smallest absolute Gasteiger partial charge is 0.393 e. The van der Waals surface area contributed by atoms with Crippen LogP contribution < -0.4 is 10.6 Å². The molecule has 1 saturated carbocycles. The highest BCUT2D eigenvalue weighted by molar-refractivity contribution is 5.73. The summed E-state index contributed by atoms with van der Waals surface area (Å²) in [4.78, 5) is 18.1. The van der Waals surface area contributed by atoms with E-state index < -0.39 is 12.2 Å². The molecule has 0 aromatic carbocycles. The minimum absolute atomic E-state index is 0.0613. The summed E-state index contributed by atoms with van der Waals surface area (Å²) in [5.74, 6) is 0.389. The summed E-state index contributed by atoms with van der Waals surface area (Å²) in [6.07, 6.45) is 1.87. The zero-order valence-corrected chi connectivity index (χ0v) is 21.6. The summed E-state index contributed by atoms with van der Waals surface area (Å²) in [5.41, 5.74) is 2.41. The van der Waals surface area contributed by atoms with Gasteiger partial charge in [0.1, 0.15) is 11.9 Å².